The lowest BCUT2D eigenvalue weighted by atomic mass is 9.83. The van der Waals surface area contributed by atoms with Gasteiger partial charge in [-0.25, -0.2) is 4.39 Å². The zero-order valence-corrected chi connectivity index (χ0v) is 27.0. The molecule has 3 fully saturated rings. The van der Waals surface area contributed by atoms with Crippen LogP contribution in [0.1, 0.15) is 43.4 Å². The highest BCUT2D eigenvalue weighted by molar-refractivity contribution is 6.36. The lowest BCUT2D eigenvalue weighted by Crippen LogP contribution is -2.55. The molecule has 240 valence electrons. The molecule has 7 rings (SSSR count). The maximum absolute atomic E-state index is 13.9. The molecule has 9 nitrogen and oxygen atoms in total. The van der Waals surface area contributed by atoms with Crippen molar-refractivity contribution in [2.24, 2.45) is 5.41 Å². The summed E-state index contributed by atoms with van der Waals surface area (Å²) in [5, 5.41) is 12.4. The van der Waals surface area contributed by atoms with Crippen LogP contribution in [0.25, 0.3) is 10.8 Å². The molecule has 3 aromatic rings. The van der Waals surface area contributed by atoms with E-state index in [0.29, 0.717) is 49.7 Å². The molecule has 3 atom stereocenters. The van der Waals surface area contributed by atoms with Crippen LogP contribution in [-0.4, -0.2) is 84.1 Å². The van der Waals surface area contributed by atoms with E-state index in [1.54, 1.807) is 0 Å². The molecule has 4 aliphatic rings. The van der Waals surface area contributed by atoms with E-state index in [4.69, 9.17) is 26.3 Å². The van der Waals surface area contributed by atoms with Crippen molar-refractivity contribution in [3.8, 4) is 12.1 Å². The van der Waals surface area contributed by atoms with E-state index in [0.717, 1.165) is 59.5 Å². The highest BCUT2D eigenvalue weighted by Gasteiger charge is 2.49. The standard InChI is InChI=1S/C35H39ClFN7O2/c1-23(37)33(45)44-19-18-43(20-25(44)11-15-38)32-26-12-16-42(29-9-4-7-24-6-3-8-27(36)31(24)29)21-28(26)39-34(40-32)46-22-35-13-5-10-30(35)41(2)17-14-35/h3-4,6-9,25,30H,1,5,10-14,16-22H2,2H3/t25-,30?,35?/m0/s1. The van der Waals surface area contributed by atoms with Gasteiger partial charge in [-0.3, -0.25) is 4.79 Å². The van der Waals surface area contributed by atoms with Crippen LogP contribution in [0.4, 0.5) is 15.9 Å². The average molecular weight is 644 g/mol. The van der Waals surface area contributed by atoms with Crippen LogP contribution in [-0.2, 0) is 17.8 Å². The summed E-state index contributed by atoms with van der Waals surface area (Å²) in [6.07, 6.45) is 5.42. The van der Waals surface area contributed by atoms with E-state index in [-0.39, 0.29) is 18.4 Å². The van der Waals surface area contributed by atoms with Gasteiger partial charge in [0.05, 0.1) is 42.4 Å². The molecule has 1 saturated carbocycles. The van der Waals surface area contributed by atoms with Crippen LogP contribution < -0.4 is 14.5 Å². The van der Waals surface area contributed by atoms with Crippen molar-refractivity contribution in [3.05, 3.63) is 65.1 Å². The van der Waals surface area contributed by atoms with E-state index in [1.807, 2.05) is 12.1 Å². The van der Waals surface area contributed by atoms with Crippen molar-refractivity contribution in [3.63, 3.8) is 0 Å². The fourth-order valence-corrected chi connectivity index (χ4v) is 8.59. The summed E-state index contributed by atoms with van der Waals surface area (Å²) >= 11 is 6.72. The van der Waals surface area contributed by atoms with Gasteiger partial charge in [-0.1, -0.05) is 48.9 Å². The van der Waals surface area contributed by atoms with Crippen molar-refractivity contribution in [2.75, 3.05) is 56.2 Å². The predicted molar refractivity (Wildman–Crippen MR) is 177 cm³/mol. The Bertz CT molecular complexity index is 1720. The summed E-state index contributed by atoms with van der Waals surface area (Å²) < 4.78 is 20.4. The zero-order chi connectivity index (χ0) is 32.0. The molecular weight excluding hydrogens is 605 g/mol. The normalized spacial score (nSPS) is 24.5. The zero-order valence-electron chi connectivity index (χ0n) is 26.2. The monoisotopic (exact) mass is 643 g/mol. The number of nitriles is 1. The summed E-state index contributed by atoms with van der Waals surface area (Å²) in [4.78, 5) is 31.0. The molecule has 1 amide bonds. The number of rotatable bonds is 7. The number of hydrogen-bond acceptors (Lipinski definition) is 8. The Labute approximate surface area is 274 Å². The molecule has 4 heterocycles. The van der Waals surface area contributed by atoms with Gasteiger partial charge < -0.3 is 24.3 Å². The Hall–Kier alpha value is -3.94. The maximum Gasteiger partial charge on any atom is 0.318 e. The van der Waals surface area contributed by atoms with E-state index in [1.165, 1.54) is 17.7 Å². The fraction of sp³-hybridized carbons (Fsp3) is 0.486. The number of benzene rings is 2. The first-order valence-corrected chi connectivity index (χ1v) is 16.6. The van der Waals surface area contributed by atoms with Gasteiger partial charge in [0.2, 0.25) is 0 Å². The Morgan fingerprint density at radius 1 is 1.15 bits per heavy atom. The third-order valence-corrected chi connectivity index (χ3v) is 11.0. The number of hydrogen-bond donors (Lipinski definition) is 0. The van der Waals surface area contributed by atoms with Gasteiger partial charge in [0, 0.05) is 54.3 Å². The molecule has 2 unspecified atom stereocenters. The highest BCUT2D eigenvalue weighted by Crippen LogP contribution is 2.48. The van der Waals surface area contributed by atoms with Crippen molar-refractivity contribution in [1.82, 2.24) is 19.8 Å². The summed E-state index contributed by atoms with van der Waals surface area (Å²) in [5.74, 6) is -0.999. The Balaban J connectivity index is 1.23. The minimum Gasteiger partial charge on any atom is -0.463 e. The molecule has 0 N–H and O–H groups in total. The molecule has 11 heteroatoms. The average Bonchev–Trinajstić information content (AvgIpc) is 3.62. The van der Waals surface area contributed by atoms with Gasteiger partial charge >= 0.3 is 6.01 Å². The minimum atomic E-state index is -1.01. The van der Waals surface area contributed by atoms with Gasteiger partial charge in [-0.2, -0.15) is 15.2 Å². The number of anilines is 2. The number of fused-ring (bicyclic) bond motifs is 3. The molecule has 0 spiro atoms. The predicted octanol–water partition coefficient (Wildman–Crippen LogP) is 5.51. The second-order valence-electron chi connectivity index (χ2n) is 13.2. The van der Waals surface area contributed by atoms with Crippen molar-refractivity contribution in [2.45, 2.75) is 57.2 Å². The number of nitrogens with zero attached hydrogens (tertiary/aromatic N) is 7. The molecule has 1 aromatic heterocycles. The quantitative estimate of drug-likeness (QED) is 0.312. The number of carbonyl (C=O) groups excluding carboxylic acids is 1. The van der Waals surface area contributed by atoms with E-state index >= 15 is 0 Å². The summed E-state index contributed by atoms with van der Waals surface area (Å²) in [7, 11) is 2.21. The van der Waals surface area contributed by atoms with E-state index in [9.17, 15) is 14.4 Å². The van der Waals surface area contributed by atoms with Gasteiger partial charge in [-0.15, -0.1) is 0 Å². The van der Waals surface area contributed by atoms with Crippen LogP contribution in [0, 0.1) is 16.7 Å². The molecule has 2 saturated heterocycles. The Kier molecular flexibility index (Phi) is 8.24. The van der Waals surface area contributed by atoms with Gasteiger partial charge in [0.15, 0.2) is 5.83 Å². The van der Waals surface area contributed by atoms with Crippen LogP contribution in [0.3, 0.4) is 0 Å². The van der Waals surface area contributed by atoms with Crippen LogP contribution in [0.5, 0.6) is 6.01 Å². The number of piperazine rings is 1. The number of ether oxygens (including phenoxy) is 1. The van der Waals surface area contributed by atoms with Crippen molar-refractivity contribution < 1.29 is 13.9 Å². The number of aromatic nitrogens is 2. The smallest absolute Gasteiger partial charge is 0.318 e. The largest absolute Gasteiger partial charge is 0.463 e. The number of likely N-dealkylation sites (tertiary alicyclic amines) is 1. The second-order valence-corrected chi connectivity index (χ2v) is 13.6. The molecule has 1 aliphatic carbocycles. The first kappa shape index (κ1) is 30.7. The molecule has 2 aromatic carbocycles. The highest BCUT2D eigenvalue weighted by atomic mass is 35.5. The van der Waals surface area contributed by atoms with E-state index in [2.05, 4.69) is 58.7 Å². The molecule has 3 aliphatic heterocycles. The lowest BCUT2D eigenvalue weighted by Gasteiger charge is -2.42. The minimum absolute atomic E-state index is 0.0825. The number of amides is 1. The number of halogens is 2. The molecule has 0 radical (unpaired) electrons. The summed E-state index contributed by atoms with van der Waals surface area (Å²) in [5.41, 5.74) is 3.11. The first-order valence-electron chi connectivity index (χ1n) is 16.2. The van der Waals surface area contributed by atoms with Crippen LogP contribution >= 0.6 is 11.6 Å². The molecule has 0 bridgehead atoms. The number of carbonyl (C=O) groups is 1. The van der Waals surface area contributed by atoms with E-state index < -0.39 is 17.8 Å². The lowest BCUT2D eigenvalue weighted by molar-refractivity contribution is -0.131. The Morgan fingerprint density at radius 2 is 1.98 bits per heavy atom. The Morgan fingerprint density at radius 3 is 2.78 bits per heavy atom. The fourth-order valence-electron chi connectivity index (χ4n) is 8.31. The van der Waals surface area contributed by atoms with Crippen molar-refractivity contribution in [1.29, 1.82) is 5.26 Å². The summed E-state index contributed by atoms with van der Waals surface area (Å²) in [6, 6.07) is 14.8. The second kappa shape index (κ2) is 12.3. The third-order valence-electron chi connectivity index (χ3n) is 10.6. The first-order chi connectivity index (χ1) is 22.3. The van der Waals surface area contributed by atoms with Gasteiger partial charge in [0.25, 0.3) is 5.91 Å². The molecular formula is C35H39ClFN7O2. The van der Waals surface area contributed by atoms with Crippen molar-refractivity contribution >= 4 is 39.8 Å². The van der Waals surface area contributed by atoms with Gasteiger partial charge in [0.1, 0.15) is 5.82 Å². The van der Waals surface area contributed by atoms with Gasteiger partial charge in [-0.05, 0) is 56.8 Å². The van der Waals surface area contributed by atoms with Crippen LogP contribution in [0.15, 0.2) is 48.8 Å². The molecule has 46 heavy (non-hydrogen) atoms. The van der Waals surface area contributed by atoms with Crippen LogP contribution in [0.2, 0.25) is 5.02 Å². The topological polar surface area (TPSA) is 88.8 Å². The summed E-state index contributed by atoms with van der Waals surface area (Å²) in [6.45, 7) is 7.21. The SMILES string of the molecule is C=C(F)C(=O)N1CCN(c2nc(OCC34CCCC3N(C)CC4)nc3c2CCN(c2cccc4cccc(Cl)c24)C3)C[C@@H]1CC#N. The third kappa shape index (κ3) is 5.43. The maximum atomic E-state index is 13.9.